The van der Waals surface area contributed by atoms with Gasteiger partial charge in [0.25, 0.3) is 5.91 Å². The van der Waals surface area contributed by atoms with Gasteiger partial charge in [0, 0.05) is 25.0 Å². The second-order valence-electron chi connectivity index (χ2n) is 6.76. The van der Waals surface area contributed by atoms with Gasteiger partial charge in [-0.15, -0.1) is 0 Å². The van der Waals surface area contributed by atoms with Crippen LogP contribution in [0.2, 0.25) is 0 Å². The Morgan fingerprint density at radius 3 is 2.39 bits per heavy atom. The number of hydrogen-bond acceptors (Lipinski definition) is 7. The Morgan fingerprint density at radius 1 is 1.16 bits per heavy atom. The Kier molecular flexibility index (Phi) is 5.99. The number of amides is 1. The van der Waals surface area contributed by atoms with E-state index >= 15 is 0 Å². The molecule has 0 radical (unpaired) electrons. The Balaban J connectivity index is 1.98. The third-order valence-electron chi connectivity index (χ3n) is 4.50. The Hall–Kier alpha value is -2.71. The first-order valence-corrected chi connectivity index (χ1v) is 12.1. The van der Waals surface area contributed by atoms with Crippen molar-refractivity contribution in [1.82, 2.24) is 4.98 Å². The lowest BCUT2D eigenvalue weighted by Crippen LogP contribution is -2.41. The molecule has 14 heteroatoms. The summed E-state index contributed by atoms with van der Waals surface area (Å²) in [7, 11) is -7.34. The molecule has 3 rings (SSSR count). The maximum Gasteiger partial charge on any atom is 0.417 e. The number of sulfone groups is 1. The summed E-state index contributed by atoms with van der Waals surface area (Å²) >= 11 is 0. The van der Waals surface area contributed by atoms with Crippen LogP contribution in [-0.2, 0) is 26.0 Å². The number of nitrogens with two attached hydrogens (primary N) is 1. The van der Waals surface area contributed by atoms with Gasteiger partial charge in [0.1, 0.15) is 5.82 Å². The zero-order valence-corrected chi connectivity index (χ0v) is 17.4. The average molecular weight is 478 g/mol. The molecule has 1 saturated heterocycles. The fourth-order valence-corrected chi connectivity index (χ4v) is 4.67. The van der Waals surface area contributed by atoms with Gasteiger partial charge >= 0.3 is 6.18 Å². The van der Waals surface area contributed by atoms with E-state index < -0.39 is 43.1 Å². The van der Waals surface area contributed by atoms with E-state index in [0.717, 1.165) is 6.07 Å². The molecule has 1 aliphatic heterocycles. The first-order valence-electron chi connectivity index (χ1n) is 8.73. The van der Waals surface area contributed by atoms with Gasteiger partial charge in [0.2, 0.25) is 10.0 Å². The number of alkyl halides is 3. The van der Waals surface area contributed by atoms with E-state index in [2.05, 4.69) is 10.3 Å². The number of nitrogens with zero attached hydrogens (tertiary/aromatic N) is 2. The predicted octanol–water partition coefficient (Wildman–Crippen LogP) is 1.23. The summed E-state index contributed by atoms with van der Waals surface area (Å²) in [6, 6.07) is 5.50. The Morgan fingerprint density at radius 2 is 1.81 bits per heavy atom. The Labute approximate surface area is 176 Å². The third-order valence-corrected chi connectivity index (χ3v) is 7.02. The van der Waals surface area contributed by atoms with Crippen LogP contribution in [0.5, 0.6) is 0 Å². The minimum absolute atomic E-state index is 0.0129. The number of hydrogen-bond donors (Lipinski definition) is 2. The second kappa shape index (κ2) is 8.09. The van der Waals surface area contributed by atoms with Crippen LogP contribution >= 0.6 is 0 Å². The highest BCUT2D eigenvalue weighted by Gasteiger charge is 2.34. The van der Waals surface area contributed by atoms with Crippen molar-refractivity contribution in [3.05, 3.63) is 47.7 Å². The van der Waals surface area contributed by atoms with Gasteiger partial charge in [-0.2, -0.15) is 13.2 Å². The molecule has 2 heterocycles. The fraction of sp³-hybridized carbons (Fsp3) is 0.294. The van der Waals surface area contributed by atoms with Crippen LogP contribution in [0, 0.1) is 0 Å². The molecule has 31 heavy (non-hydrogen) atoms. The van der Waals surface area contributed by atoms with Gasteiger partial charge in [-0.25, -0.2) is 27.0 Å². The first kappa shape index (κ1) is 23.0. The molecule has 2 aromatic rings. The van der Waals surface area contributed by atoms with Crippen molar-refractivity contribution in [3.8, 4) is 0 Å². The van der Waals surface area contributed by atoms with E-state index in [9.17, 15) is 34.8 Å². The number of rotatable bonds is 4. The van der Waals surface area contributed by atoms with Gasteiger partial charge in [-0.05, 0) is 24.3 Å². The predicted molar refractivity (Wildman–Crippen MR) is 106 cm³/mol. The summed E-state index contributed by atoms with van der Waals surface area (Å²) in [6.45, 7) is -0.0796. The number of benzene rings is 1. The highest BCUT2D eigenvalue weighted by molar-refractivity contribution is 7.91. The van der Waals surface area contributed by atoms with Crippen LogP contribution in [-0.4, -0.2) is 52.3 Å². The van der Waals surface area contributed by atoms with Crippen molar-refractivity contribution in [1.29, 1.82) is 0 Å². The SMILES string of the molecule is NS(=O)(=O)c1cccc(NC(=O)c2cc(C(F)(F)F)cnc2N2CCS(=O)(=O)CC2)c1. The molecule has 0 saturated carbocycles. The monoisotopic (exact) mass is 478 g/mol. The summed E-state index contributed by atoms with van der Waals surface area (Å²) in [5.74, 6) is -1.54. The van der Waals surface area contributed by atoms with Crippen molar-refractivity contribution in [2.75, 3.05) is 34.8 Å². The largest absolute Gasteiger partial charge is 0.417 e. The van der Waals surface area contributed by atoms with Crippen molar-refractivity contribution in [2.24, 2.45) is 5.14 Å². The van der Waals surface area contributed by atoms with Crippen LogP contribution in [0.4, 0.5) is 24.7 Å². The molecule has 0 bridgehead atoms. The summed E-state index contributed by atoms with van der Waals surface area (Å²) in [5, 5.41) is 7.38. The number of primary sulfonamides is 1. The van der Waals surface area contributed by atoms with Gasteiger partial charge in [0.05, 0.1) is 27.5 Å². The van der Waals surface area contributed by atoms with E-state index in [-0.39, 0.29) is 41.0 Å². The van der Waals surface area contributed by atoms with E-state index in [1.54, 1.807) is 0 Å². The molecule has 1 aromatic heterocycles. The molecule has 0 atom stereocenters. The highest BCUT2D eigenvalue weighted by atomic mass is 32.2. The molecule has 0 aliphatic carbocycles. The van der Waals surface area contributed by atoms with Gasteiger partial charge in [-0.3, -0.25) is 4.79 Å². The van der Waals surface area contributed by atoms with Gasteiger partial charge in [0.15, 0.2) is 9.84 Å². The summed E-state index contributed by atoms with van der Waals surface area (Å²) < 4.78 is 85.8. The first-order chi connectivity index (χ1) is 14.3. The molecule has 0 unspecified atom stereocenters. The molecule has 1 fully saturated rings. The van der Waals surface area contributed by atoms with Crippen molar-refractivity contribution in [3.63, 3.8) is 0 Å². The van der Waals surface area contributed by atoms with E-state index in [1.807, 2.05) is 0 Å². The number of pyridine rings is 1. The number of halogens is 3. The topological polar surface area (TPSA) is 140 Å². The number of aromatic nitrogens is 1. The molecule has 1 aromatic carbocycles. The number of sulfonamides is 1. The lowest BCUT2D eigenvalue weighted by Gasteiger charge is -2.29. The van der Waals surface area contributed by atoms with Crippen LogP contribution in [0.3, 0.4) is 0 Å². The third kappa shape index (κ3) is 5.51. The van der Waals surface area contributed by atoms with Gasteiger partial charge < -0.3 is 10.2 Å². The lowest BCUT2D eigenvalue weighted by molar-refractivity contribution is -0.137. The quantitative estimate of drug-likeness (QED) is 0.674. The summed E-state index contributed by atoms with van der Waals surface area (Å²) in [5.41, 5.74) is -1.61. The molecule has 1 aliphatic rings. The van der Waals surface area contributed by atoms with Crippen LogP contribution in [0.25, 0.3) is 0 Å². The highest BCUT2D eigenvalue weighted by Crippen LogP contribution is 2.32. The summed E-state index contributed by atoms with van der Waals surface area (Å²) in [6.07, 6.45) is -4.20. The lowest BCUT2D eigenvalue weighted by atomic mass is 10.1. The number of nitrogens with one attached hydrogen (secondary N) is 1. The molecule has 168 valence electrons. The van der Waals surface area contributed by atoms with Crippen molar-refractivity contribution >= 4 is 37.3 Å². The van der Waals surface area contributed by atoms with Crippen LogP contribution in [0.15, 0.2) is 41.4 Å². The van der Waals surface area contributed by atoms with E-state index in [4.69, 9.17) is 5.14 Å². The smallest absolute Gasteiger partial charge is 0.354 e. The minimum atomic E-state index is -4.76. The molecule has 3 N–H and O–H groups in total. The Bertz CT molecular complexity index is 1220. The summed E-state index contributed by atoms with van der Waals surface area (Å²) in [4.78, 5) is 17.7. The molecule has 0 spiro atoms. The zero-order chi connectivity index (χ0) is 23.0. The van der Waals surface area contributed by atoms with Gasteiger partial charge in [-0.1, -0.05) is 6.07 Å². The maximum atomic E-state index is 13.2. The standard InChI is InChI=1S/C17H17F3N4O5S2/c18-17(19,20)11-8-14(15(22-10-11)24-4-6-30(26,27)7-5-24)16(25)23-12-2-1-3-13(9-12)31(21,28)29/h1-3,8-10H,4-7H2,(H,23,25)(H2,21,28,29). The van der Waals surface area contributed by atoms with Crippen LogP contribution < -0.4 is 15.4 Å². The molecule has 9 nitrogen and oxygen atoms in total. The zero-order valence-electron chi connectivity index (χ0n) is 15.8. The van der Waals surface area contributed by atoms with E-state index in [1.165, 1.54) is 23.1 Å². The van der Waals surface area contributed by atoms with Crippen molar-refractivity contribution in [2.45, 2.75) is 11.1 Å². The fourth-order valence-electron chi connectivity index (χ4n) is 2.91. The van der Waals surface area contributed by atoms with E-state index in [0.29, 0.717) is 12.3 Å². The van der Waals surface area contributed by atoms with Crippen LogP contribution in [0.1, 0.15) is 15.9 Å². The molecule has 1 amide bonds. The minimum Gasteiger partial charge on any atom is -0.354 e. The average Bonchev–Trinajstić information content (AvgIpc) is 2.66. The molecular weight excluding hydrogens is 461 g/mol. The second-order valence-corrected chi connectivity index (χ2v) is 10.6. The molecular formula is C17H17F3N4O5S2. The number of anilines is 2. The van der Waals surface area contributed by atoms with Crippen molar-refractivity contribution < 1.29 is 34.8 Å². The number of carbonyl (C=O) groups excluding carboxylic acids is 1. The number of carbonyl (C=O) groups is 1. The normalized spacial score (nSPS) is 16.7. The maximum absolute atomic E-state index is 13.2.